The zero-order valence-electron chi connectivity index (χ0n) is 39.3. The number of hydrogen-bond donors (Lipinski definition) is 0. The van der Waals surface area contributed by atoms with Gasteiger partial charge in [0.2, 0.25) is 0 Å². The third-order valence-corrected chi connectivity index (χ3v) is 14.3. The first kappa shape index (κ1) is 66.7. The molecule has 0 unspecified atom stereocenters. The van der Waals surface area contributed by atoms with E-state index in [4.69, 9.17) is 0 Å². The number of benzene rings is 4. The van der Waals surface area contributed by atoms with Crippen LogP contribution in [0.25, 0.3) is 89.9 Å². The van der Waals surface area contributed by atoms with E-state index >= 15 is 35.1 Å². The predicted octanol–water partition coefficient (Wildman–Crippen LogP) is -4.04. The van der Waals surface area contributed by atoms with Crippen LogP contribution in [-0.2, 0) is 60.0 Å². The molecule has 0 amide bonds. The van der Waals surface area contributed by atoms with Gasteiger partial charge in [-0.2, -0.15) is 0 Å². The summed E-state index contributed by atoms with van der Waals surface area (Å²) in [4.78, 5) is 11.8. The summed E-state index contributed by atoms with van der Waals surface area (Å²) in [5.74, 6) is -17.1. The third kappa shape index (κ3) is 12.4. The molecule has 33 heteroatoms. The number of hydrogen-bond acceptors (Lipinski definition) is 14. The first-order valence-corrected chi connectivity index (χ1v) is 25.0. The van der Waals surface area contributed by atoms with Gasteiger partial charge in [0.15, 0.2) is 23.3 Å². The van der Waals surface area contributed by atoms with Crippen LogP contribution in [0.5, 0.6) is 0 Å². The zero-order valence-corrected chi connectivity index (χ0v) is 53.5. The minimum Gasteiger partial charge on any atom is -0.744 e. The van der Waals surface area contributed by atoms with E-state index in [0.717, 1.165) is 0 Å². The van der Waals surface area contributed by atoms with Gasteiger partial charge in [0.1, 0.15) is 86.5 Å². The molecule has 9 rings (SSSR count). The van der Waals surface area contributed by atoms with Crippen LogP contribution >= 0.6 is 0 Å². The fourth-order valence-corrected chi connectivity index (χ4v) is 9.57. The van der Waals surface area contributed by atoms with Gasteiger partial charge in [-0.1, -0.05) is 70.6 Å². The van der Waals surface area contributed by atoms with Gasteiger partial charge in [0.25, 0.3) is 0 Å². The topological polar surface area (TPSA) is 283 Å². The summed E-state index contributed by atoms with van der Waals surface area (Å²) in [5.41, 5.74) is -18.4. The van der Waals surface area contributed by atoms with Crippen molar-refractivity contribution in [3.05, 3.63) is 143 Å². The molecule has 16 nitrogen and oxygen atoms in total. The third-order valence-electron chi connectivity index (χ3n) is 10.9. The Morgan fingerprint density at radius 3 is 0.610 bits per heavy atom. The molecule has 3 aromatic heterocycles. The largest absolute Gasteiger partial charge is 2.00 e. The van der Waals surface area contributed by atoms with Gasteiger partial charge in [-0.15, -0.1) is 0 Å². The predicted molar refractivity (Wildman–Crippen MR) is 230 cm³/mol. The molecule has 0 aliphatic carbocycles. The van der Waals surface area contributed by atoms with Gasteiger partial charge in [0, 0.05) is 0 Å². The molecule has 0 N–H and O–H groups in total. The molecule has 7 aromatic rings. The summed E-state index contributed by atoms with van der Waals surface area (Å²) >= 11 is 0. The summed E-state index contributed by atoms with van der Waals surface area (Å²) in [6.07, 6.45) is 0. The van der Waals surface area contributed by atoms with E-state index in [1.165, 1.54) is 0 Å². The summed E-state index contributed by atoms with van der Waals surface area (Å²) in [6, 6.07) is 10.1. The SMILES string of the molecule is O=S(=O)([O-])c1ccc(-c2c3nc(c(-c4ccc(S(=O)(=O)[O-])cc4)c4[n-]c(c(F)c4F)c(-c4ccc(S(=O)(=O)[O-])cc4)c4nc(c(-c5ccc(S(=O)(=O)[O-])cc5)c5[n-]c2c(F)c5F)C(F)=C4F)C(F)=C3F)cc1.[Na+].[Na+].[Na+].[Na+].[Zn+2]. The maximum absolute atomic E-state index is 16.8. The second-order valence-electron chi connectivity index (χ2n) is 15.2. The molecule has 0 radical (unpaired) electrons. The summed E-state index contributed by atoms with van der Waals surface area (Å²) < 4.78 is 277. The molecule has 0 fully saturated rings. The van der Waals surface area contributed by atoms with E-state index in [9.17, 15) is 51.9 Å². The molecular weight excluding hydrogens is 1210 g/mol. The number of rotatable bonds is 8. The van der Waals surface area contributed by atoms with Crippen LogP contribution in [-0.4, -0.2) is 61.9 Å². The maximum Gasteiger partial charge on any atom is 2.00 e. The second kappa shape index (κ2) is 24.3. The fourth-order valence-electron chi connectivity index (χ4n) is 7.69. The van der Waals surface area contributed by atoms with Crippen molar-refractivity contribution in [3.8, 4) is 44.5 Å². The van der Waals surface area contributed by atoms with E-state index in [-0.39, 0.29) is 138 Å². The molecule has 0 saturated heterocycles. The molecular formula is C44H16F8N4Na4O12S4Zn. The number of fused-ring (bicyclic) bond motifs is 8. The van der Waals surface area contributed by atoms with E-state index in [0.29, 0.717) is 97.1 Å². The van der Waals surface area contributed by atoms with Gasteiger partial charge < -0.3 is 28.2 Å². The van der Waals surface area contributed by atoms with Gasteiger partial charge in [-0.3, -0.25) is 0 Å². The molecule has 8 bridgehead atoms. The summed E-state index contributed by atoms with van der Waals surface area (Å²) in [7, 11) is -21.1. The van der Waals surface area contributed by atoms with E-state index < -0.39 is 196 Å². The average molecular weight is 1230 g/mol. The molecule has 2 aliphatic heterocycles. The van der Waals surface area contributed by atoms with Crippen molar-refractivity contribution >= 4 is 85.8 Å². The zero-order chi connectivity index (χ0) is 52.3. The monoisotopic (exact) mass is 1230 g/mol. The molecule has 77 heavy (non-hydrogen) atoms. The first-order valence-electron chi connectivity index (χ1n) is 19.4. The Labute approximate surface area is 530 Å². The number of aromatic nitrogens is 4. The van der Waals surface area contributed by atoms with Crippen molar-refractivity contribution in [1.82, 2.24) is 19.9 Å². The Hall–Kier alpha value is -2.82. The summed E-state index contributed by atoms with van der Waals surface area (Å²) in [6.45, 7) is 0. The molecule has 0 spiro atoms. The molecule has 370 valence electrons. The molecule has 2 aliphatic rings. The van der Waals surface area contributed by atoms with Crippen LogP contribution < -0.4 is 128 Å². The smallest absolute Gasteiger partial charge is 0.744 e. The van der Waals surface area contributed by atoms with Gasteiger partial charge in [-0.25, -0.2) is 78.8 Å². The molecule has 0 atom stereocenters. The van der Waals surface area contributed by atoms with Crippen LogP contribution in [0.2, 0.25) is 0 Å². The quantitative estimate of drug-likeness (QED) is 0.0796. The van der Waals surface area contributed by atoms with Crippen molar-refractivity contribution in [2.45, 2.75) is 19.6 Å². The van der Waals surface area contributed by atoms with Crippen molar-refractivity contribution in [2.75, 3.05) is 0 Å². The van der Waals surface area contributed by atoms with Crippen LogP contribution in [0, 0.1) is 23.3 Å². The van der Waals surface area contributed by atoms with Crippen LogP contribution in [0.4, 0.5) is 35.1 Å². The van der Waals surface area contributed by atoms with E-state index in [2.05, 4.69) is 19.9 Å². The maximum atomic E-state index is 16.8. The Morgan fingerprint density at radius 2 is 0.468 bits per heavy atom. The molecule has 0 saturated carbocycles. The minimum absolute atomic E-state index is 0. The Morgan fingerprint density at radius 1 is 0.312 bits per heavy atom. The standard InChI is InChI=1S/C44H20F8N4O12S4.4Na.Zn/c45-29-31(47)39-26(18-3-11-22(12-4-18)70(60,61)62)41-33(49)35(51)43(55-41)28(20-7-15-24(16-8-20)72(66,67)68)44-36(52)34(50)42(56-44)27(19-5-13-23(14-6-19)71(63,64)65)40-32(48)30(46)38(54-40)25(37(29)53-39)17-1-9-21(10-2-17)69(57,58)59;;;;;/h1-16H,(H,57,58,59)(H,60,61,62)(H,63,64,65)(H,66,67,68);;;;;/q-2;4*+1;+2/p-4. The Bertz CT molecular complexity index is 3750. The molecule has 5 heterocycles. The normalized spacial score (nSPS) is 12.7. The summed E-state index contributed by atoms with van der Waals surface area (Å²) in [5, 5.41) is 0. The fraction of sp³-hybridized carbons (Fsp3) is 0. The van der Waals surface area contributed by atoms with Crippen LogP contribution in [0.1, 0.15) is 22.8 Å². The van der Waals surface area contributed by atoms with Crippen molar-refractivity contribution in [3.63, 3.8) is 0 Å². The van der Waals surface area contributed by atoms with E-state index in [1.54, 1.807) is 0 Å². The first-order chi connectivity index (χ1) is 33.6. The van der Waals surface area contributed by atoms with Crippen molar-refractivity contribution in [1.29, 1.82) is 0 Å². The Kier molecular flexibility index (Phi) is 21.1. The average Bonchev–Trinajstić information content (AvgIpc) is 3.97. The van der Waals surface area contributed by atoms with Gasteiger partial charge >= 0.3 is 138 Å². The van der Waals surface area contributed by atoms with E-state index in [1.807, 2.05) is 0 Å². The van der Waals surface area contributed by atoms with Crippen molar-refractivity contribution < 1.29 is 225 Å². The minimum atomic E-state index is -5.26. The number of halogens is 8. The van der Waals surface area contributed by atoms with Crippen LogP contribution in [0.3, 0.4) is 0 Å². The van der Waals surface area contributed by atoms with Crippen LogP contribution in [0.15, 0.2) is 117 Å². The van der Waals surface area contributed by atoms with Gasteiger partial charge in [0.05, 0.1) is 19.6 Å². The second-order valence-corrected chi connectivity index (χ2v) is 20.7. The van der Waals surface area contributed by atoms with Crippen molar-refractivity contribution in [2.24, 2.45) is 0 Å². The Balaban J connectivity index is 0.00000256. The van der Waals surface area contributed by atoms with Gasteiger partial charge in [-0.05, 0) is 93.0 Å². The number of nitrogens with zero attached hydrogens (tertiary/aromatic N) is 4. The molecule has 4 aromatic carbocycles.